The number of amides is 1. The highest BCUT2D eigenvalue weighted by Crippen LogP contribution is 2.20. The fourth-order valence-corrected chi connectivity index (χ4v) is 2.14. The lowest BCUT2D eigenvalue weighted by Gasteiger charge is -2.08. The number of aromatic nitrogens is 2. The minimum Gasteiger partial charge on any atom is -0.323 e. The van der Waals surface area contributed by atoms with Crippen LogP contribution in [0.3, 0.4) is 0 Å². The second-order valence-electron chi connectivity index (χ2n) is 5.48. The van der Waals surface area contributed by atoms with Crippen LogP contribution < -0.4 is 5.32 Å². The molecule has 0 radical (unpaired) electrons. The molecule has 0 unspecified atom stereocenters. The average Bonchev–Trinajstić information content (AvgIpc) is 2.72. The Morgan fingerprint density at radius 1 is 1.30 bits per heavy atom. The summed E-state index contributed by atoms with van der Waals surface area (Å²) in [5, 5.41) is 10.2. The molecule has 4 heteroatoms. The number of hydrogen-bond donors (Lipinski definition) is 2. The van der Waals surface area contributed by atoms with Crippen molar-refractivity contribution in [3.63, 3.8) is 0 Å². The van der Waals surface area contributed by atoms with Crippen LogP contribution in [0.2, 0.25) is 0 Å². The maximum absolute atomic E-state index is 12.1. The fourth-order valence-electron chi connectivity index (χ4n) is 2.14. The Kier molecular flexibility index (Phi) is 4.56. The van der Waals surface area contributed by atoms with Gasteiger partial charge in [0.25, 0.3) is 0 Å². The van der Waals surface area contributed by atoms with Crippen LogP contribution in [0, 0.1) is 12.8 Å². The van der Waals surface area contributed by atoms with E-state index in [4.69, 9.17) is 0 Å². The van der Waals surface area contributed by atoms with E-state index in [9.17, 15) is 4.79 Å². The SMILES string of the molecule is Cc1[nH]nc(CC(C)C)c1NC(=O)Cc1ccccc1. The van der Waals surface area contributed by atoms with Crippen LogP contribution in [0.4, 0.5) is 5.69 Å². The number of nitrogens with zero attached hydrogens (tertiary/aromatic N) is 1. The van der Waals surface area contributed by atoms with Crippen molar-refractivity contribution in [2.75, 3.05) is 5.32 Å². The zero-order chi connectivity index (χ0) is 14.5. The largest absolute Gasteiger partial charge is 0.323 e. The van der Waals surface area contributed by atoms with E-state index in [1.54, 1.807) is 0 Å². The topological polar surface area (TPSA) is 57.8 Å². The summed E-state index contributed by atoms with van der Waals surface area (Å²) >= 11 is 0. The van der Waals surface area contributed by atoms with Crippen LogP contribution in [-0.2, 0) is 17.6 Å². The molecule has 0 aliphatic heterocycles. The van der Waals surface area contributed by atoms with E-state index in [1.807, 2.05) is 37.3 Å². The fraction of sp³-hybridized carbons (Fsp3) is 0.375. The van der Waals surface area contributed by atoms with Gasteiger partial charge in [0.15, 0.2) is 0 Å². The highest BCUT2D eigenvalue weighted by molar-refractivity contribution is 5.93. The van der Waals surface area contributed by atoms with E-state index >= 15 is 0 Å². The highest BCUT2D eigenvalue weighted by Gasteiger charge is 2.14. The van der Waals surface area contributed by atoms with Crippen LogP contribution in [0.5, 0.6) is 0 Å². The van der Waals surface area contributed by atoms with Gasteiger partial charge in [-0.15, -0.1) is 0 Å². The molecule has 0 aliphatic carbocycles. The summed E-state index contributed by atoms with van der Waals surface area (Å²) in [7, 11) is 0. The molecule has 1 aromatic heterocycles. The number of rotatable bonds is 5. The predicted octanol–water partition coefficient (Wildman–Crippen LogP) is 3.10. The van der Waals surface area contributed by atoms with Crippen LogP contribution in [0.1, 0.15) is 30.8 Å². The number of carbonyl (C=O) groups excluding carboxylic acids is 1. The number of hydrogen-bond acceptors (Lipinski definition) is 2. The van der Waals surface area contributed by atoms with Crippen molar-refractivity contribution < 1.29 is 4.79 Å². The zero-order valence-electron chi connectivity index (χ0n) is 12.2. The minimum atomic E-state index is -0.00861. The molecule has 0 atom stereocenters. The molecule has 1 amide bonds. The Morgan fingerprint density at radius 3 is 2.65 bits per heavy atom. The first-order valence-corrected chi connectivity index (χ1v) is 6.94. The van der Waals surface area contributed by atoms with Crippen LogP contribution in [0.25, 0.3) is 0 Å². The van der Waals surface area contributed by atoms with Gasteiger partial charge in [-0.25, -0.2) is 0 Å². The summed E-state index contributed by atoms with van der Waals surface area (Å²) in [4.78, 5) is 12.1. The Balaban J connectivity index is 2.06. The van der Waals surface area contributed by atoms with Gasteiger partial charge in [0.2, 0.25) is 5.91 Å². The van der Waals surface area contributed by atoms with Crippen LogP contribution >= 0.6 is 0 Å². The molecule has 0 spiro atoms. The van der Waals surface area contributed by atoms with Crippen LogP contribution in [0.15, 0.2) is 30.3 Å². The van der Waals surface area contributed by atoms with Crippen molar-refractivity contribution in [2.24, 2.45) is 5.92 Å². The molecule has 2 rings (SSSR count). The summed E-state index contributed by atoms with van der Waals surface area (Å²) in [5.41, 5.74) is 3.68. The van der Waals surface area contributed by atoms with Gasteiger partial charge in [0.05, 0.1) is 23.5 Å². The normalized spacial score (nSPS) is 10.8. The number of benzene rings is 1. The second-order valence-corrected chi connectivity index (χ2v) is 5.48. The smallest absolute Gasteiger partial charge is 0.228 e. The van der Waals surface area contributed by atoms with Gasteiger partial charge in [0.1, 0.15) is 0 Å². The van der Waals surface area contributed by atoms with E-state index in [0.717, 1.165) is 29.1 Å². The molecule has 0 fully saturated rings. The van der Waals surface area contributed by atoms with E-state index in [-0.39, 0.29) is 5.91 Å². The highest BCUT2D eigenvalue weighted by atomic mass is 16.1. The lowest BCUT2D eigenvalue weighted by atomic mass is 10.1. The van der Waals surface area contributed by atoms with Crippen molar-refractivity contribution in [3.8, 4) is 0 Å². The molecule has 0 saturated carbocycles. The number of aryl methyl sites for hydroxylation is 1. The lowest BCUT2D eigenvalue weighted by molar-refractivity contribution is -0.115. The van der Waals surface area contributed by atoms with Gasteiger partial charge in [-0.2, -0.15) is 5.10 Å². The summed E-state index contributed by atoms with van der Waals surface area (Å²) in [6.07, 6.45) is 1.23. The molecule has 4 nitrogen and oxygen atoms in total. The molecule has 20 heavy (non-hydrogen) atoms. The summed E-state index contributed by atoms with van der Waals surface area (Å²) in [6.45, 7) is 6.20. The third kappa shape index (κ3) is 3.70. The molecular formula is C16H21N3O. The number of H-pyrrole nitrogens is 1. The number of aromatic amines is 1. The maximum Gasteiger partial charge on any atom is 0.228 e. The molecule has 0 aliphatic rings. The molecular weight excluding hydrogens is 250 g/mol. The quantitative estimate of drug-likeness (QED) is 0.878. The third-order valence-corrected chi connectivity index (χ3v) is 3.10. The number of nitrogens with one attached hydrogen (secondary N) is 2. The van der Waals surface area contributed by atoms with E-state index in [0.29, 0.717) is 12.3 Å². The lowest BCUT2D eigenvalue weighted by Crippen LogP contribution is -2.16. The zero-order valence-corrected chi connectivity index (χ0v) is 12.2. The summed E-state index contributed by atoms with van der Waals surface area (Å²) in [5.74, 6) is 0.494. The van der Waals surface area contributed by atoms with Gasteiger partial charge in [-0.05, 0) is 24.8 Å². The monoisotopic (exact) mass is 271 g/mol. The Bertz CT molecular complexity index is 573. The van der Waals surface area contributed by atoms with Crippen molar-refractivity contribution in [1.29, 1.82) is 0 Å². The standard InChI is InChI=1S/C16H21N3O/c1-11(2)9-14-16(12(3)18-19-14)17-15(20)10-13-7-5-4-6-8-13/h4-8,11H,9-10H2,1-3H3,(H,17,20)(H,18,19). The van der Waals surface area contributed by atoms with Crippen molar-refractivity contribution in [1.82, 2.24) is 10.2 Å². The van der Waals surface area contributed by atoms with Gasteiger partial charge in [0, 0.05) is 0 Å². The first-order valence-electron chi connectivity index (χ1n) is 6.94. The van der Waals surface area contributed by atoms with E-state index in [1.165, 1.54) is 0 Å². The maximum atomic E-state index is 12.1. The van der Waals surface area contributed by atoms with E-state index in [2.05, 4.69) is 29.4 Å². The molecule has 2 N–H and O–H groups in total. The minimum absolute atomic E-state index is 0.00861. The molecule has 1 heterocycles. The van der Waals surface area contributed by atoms with Crippen LogP contribution in [-0.4, -0.2) is 16.1 Å². The molecule has 2 aromatic rings. The first-order chi connectivity index (χ1) is 9.56. The van der Waals surface area contributed by atoms with Gasteiger partial charge in [-0.3, -0.25) is 9.89 Å². The second kappa shape index (κ2) is 6.37. The average molecular weight is 271 g/mol. The van der Waals surface area contributed by atoms with Gasteiger partial charge < -0.3 is 5.32 Å². The van der Waals surface area contributed by atoms with Gasteiger partial charge >= 0.3 is 0 Å². The molecule has 0 bridgehead atoms. The van der Waals surface area contributed by atoms with E-state index < -0.39 is 0 Å². The first kappa shape index (κ1) is 14.3. The number of carbonyl (C=O) groups is 1. The summed E-state index contributed by atoms with van der Waals surface area (Å²) in [6, 6.07) is 9.74. The van der Waals surface area contributed by atoms with Crippen molar-refractivity contribution in [3.05, 3.63) is 47.3 Å². The molecule has 1 aromatic carbocycles. The van der Waals surface area contributed by atoms with Gasteiger partial charge in [-0.1, -0.05) is 44.2 Å². The Morgan fingerprint density at radius 2 is 2.00 bits per heavy atom. The third-order valence-electron chi connectivity index (χ3n) is 3.10. The Labute approximate surface area is 119 Å². The molecule has 106 valence electrons. The molecule has 0 saturated heterocycles. The predicted molar refractivity (Wildman–Crippen MR) is 80.6 cm³/mol. The van der Waals surface area contributed by atoms with Crippen molar-refractivity contribution >= 4 is 11.6 Å². The summed E-state index contributed by atoms with van der Waals surface area (Å²) < 4.78 is 0. The number of anilines is 1. The van der Waals surface area contributed by atoms with Crippen molar-refractivity contribution in [2.45, 2.75) is 33.6 Å². The Hall–Kier alpha value is -2.10.